The van der Waals surface area contributed by atoms with E-state index in [-0.39, 0.29) is 36.3 Å². The number of halogens is 1. The van der Waals surface area contributed by atoms with E-state index >= 15 is 0 Å². The summed E-state index contributed by atoms with van der Waals surface area (Å²) in [5.74, 6) is -1.09. The van der Waals surface area contributed by atoms with Crippen molar-refractivity contribution >= 4 is 32.6 Å². The highest BCUT2D eigenvalue weighted by atomic mass is 32.2. The standard InChI is InChI=1S/C24H22FN3O4S/c25-18-7-9-19(10-8-18)33(31,32)27-14-11-26(12-15-27)13-16-28-23(29)20-5-1-3-17-4-2-6-21(22(17)20)24(28)30/h1-10H,11-16H2. The molecular weight excluding hydrogens is 445 g/mol. The maximum absolute atomic E-state index is 13.1. The van der Waals surface area contributed by atoms with Crippen LogP contribution in [-0.2, 0) is 10.0 Å². The van der Waals surface area contributed by atoms with Crippen molar-refractivity contribution in [3.05, 3.63) is 77.6 Å². The van der Waals surface area contributed by atoms with Gasteiger partial charge in [0.25, 0.3) is 11.8 Å². The molecule has 0 atom stereocenters. The highest BCUT2D eigenvalue weighted by Gasteiger charge is 2.33. The molecule has 0 spiro atoms. The van der Waals surface area contributed by atoms with Crippen LogP contribution in [0.3, 0.4) is 0 Å². The van der Waals surface area contributed by atoms with Crippen LogP contribution in [0.5, 0.6) is 0 Å². The fraction of sp³-hybridized carbons (Fsp3) is 0.250. The molecule has 0 bridgehead atoms. The molecular formula is C24H22FN3O4S. The van der Waals surface area contributed by atoms with Gasteiger partial charge in [0, 0.05) is 55.8 Å². The van der Waals surface area contributed by atoms with Crippen LogP contribution in [0.2, 0.25) is 0 Å². The van der Waals surface area contributed by atoms with E-state index in [9.17, 15) is 22.4 Å². The van der Waals surface area contributed by atoms with Crippen LogP contribution < -0.4 is 0 Å². The van der Waals surface area contributed by atoms with Crippen molar-refractivity contribution in [2.75, 3.05) is 39.3 Å². The first-order valence-electron chi connectivity index (χ1n) is 10.7. The molecule has 1 fully saturated rings. The van der Waals surface area contributed by atoms with Gasteiger partial charge in [-0.15, -0.1) is 0 Å². The minimum atomic E-state index is -3.69. The number of amides is 2. The van der Waals surface area contributed by atoms with Crippen LogP contribution in [-0.4, -0.2) is 73.6 Å². The number of hydrogen-bond acceptors (Lipinski definition) is 5. The number of hydrogen-bond donors (Lipinski definition) is 0. The first-order chi connectivity index (χ1) is 15.9. The molecule has 0 aromatic heterocycles. The first kappa shape index (κ1) is 21.7. The van der Waals surface area contributed by atoms with Crippen molar-refractivity contribution < 1.29 is 22.4 Å². The molecule has 0 aliphatic carbocycles. The molecule has 3 aromatic rings. The lowest BCUT2D eigenvalue weighted by Crippen LogP contribution is -2.51. The quantitative estimate of drug-likeness (QED) is 0.539. The number of piperazine rings is 1. The van der Waals surface area contributed by atoms with Crippen LogP contribution in [0, 0.1) is 5.82 Å². The van der Waals surface area contributed by atoms with Crippen molar-refractivity contribution in [1.29, 1.82) is 0 Å². The molecule has 7 nitrogen and oxygen atoms in total. The van der Waals surface area contributed by atoms with E-state index in [0.29, 0.717) is 36.1 Å². The van der Waals surface area contributed by atoms with Crippen LogP contribution in [0.1, 0.15) is 20.7 Å². The van der Waals surface area contributed by atoms with Crippen LogP contribution in [0.25, 0.3) is 10.8 Å². The summed E-state index contributed by atoms with van der Waals surface area (Å²) in [6.45, 7) is 2.20. The summed E-state index contributed by atoms with van der Waals surface area (Å²) in [6.07, 6.45) is 0. The van der Waals surface area contributed by atoms with Gasteiger partial charge in [-0.05, 0) is 41.8 Å². The Kier molecular flexibility index (Phi) is 5.48. The Hall–Kier alpha value is -3.14. The molecule has 9 heteroatoms. The molecule has 0 unspecified atom stereocenters. The molecule has 2 aliphatic rings. The third kappa shape index (κ3) is 3.82. The maximum Gasteiger partial charge on any atom is 0.261 e. The monoisotopic (exact) mass is 467 g/mol. The summed E-state index contributed by atoms with van der Waals surface area (Å²) in [5.41, 5.74) is 1.05. The molecule has 0 radical (unpaired) electrons. The Bertz CT molecular complexity index is 1300. The summed E-state index contributed by atoms with van der Waals surface area (Å²) >= 11 is 0. The van der Waals surface area contributed by atoms with Gasteiger partial charge in [-0.2, -0.15) is 4.31 Å². The third-order valence-electron chi connectivity index (χ3n) is 6.28. The van der Waals surface area contributed by atoms with E-state index < -0.39 is 15.8 Å². The van der Waals surface area contributed by atoms with Crippen LogP contribution in [0.4, 0.5) is 4.39 Å². The molecule has 3 aromatic carbocycles. The molecule has 2 heterocycles. The van der Waals surface area contributed by atoms with Gasteiger partial charge < -0.3 is 0 Å². The Morgan fingerprint density at radius 1 is 0.758 bits per heavy atom. The van der Waals surface area contributed by atoms with E-state index in [0.717, 1.165) is 17.5 Å². The Morgan fingerprint density at radius 2 is 1.33 bits per heavy atom. The van der Waals surface area contributed by atoms with Gasteiger partial charge in [0.05, 0.1) is 4.90 Å². The van der Waals surface area contributed by atoms with Gasteiger partial charge in [-0.1, -0.05) is 24.3 Å². The highest BCUT2D eigenvalue weighted by molar-refractivity contribution is 7.89. The van der Waals surface area contributed by atoms with E-state index in [1.165, 1.54) is 21.3 Å². The molecule has 0 N–H and O–H groups in total. The van der Waals surface area contributed by atoms with Gasteiger partial charge >= 0.3 is 0 Å². The third-order valence-corrected chi connectivity index (χ3v) is 8.19. The second-order valence-electron chi connectivity index (χ2n) is 8.17. The van der Waals surface area contributed by atoms with E-state index in [4.69, 9.17) is 0 Å². The lowest BCUT2D eigenvalue weighted by Gasteiger charge is -2.35. The molecule has 2 aliphatic heterocycles. The van der Waals surface area contributed by atoms with Crippen molar-refractivity contribution in [1.82, 2.24) is 14.1 Å². The summed E-state index contributed by atoms with van der Waals surface area (Å²) in [7, 11) is -3.69. The average molecular weight is 468 g/mol. The zero-order chi connectivity index (χ0) is 23.2. The maximum atomic E-state index is 13.1. The number of benzene rings is 3. The second-order valence-corrected chi connectivity index (χ2v) is 10.1. The average Bonchev–Trinajstić information content (AvgIpc) is 2.83. The normalized spacial score (nSPS) is 17.7. The summed E-state index contributed by atoms with van der Waals surface area (Å²) in [4.78, 5) is 29.4. The second kappa shape index (κ2) is 8.33. The smallest absolute Gasteiger partial charge is 0.261 e. The number of imide groups is 1. The summed E-state index contributed by atoms with van der Waals surface area (Å²) in [6, 6.07) is 15.7. The fourth-order valence-corrected chi connectivity index (χ4v) is 5.90. The van der Waals surface area contributed by atoms with Gasteiger partial charge in [0.2, 0.25) is 10.0 Å². The fourth-order valence-electron chi connectivity index (χ4n) is 4.47. The number of carbonyl (C=O) groups excluding carboxylic acids is 2. The molecule has 0 saturated carbocycles. The van der Waals surface area contributed by atoms with E-state index in [1.807, 2.05) is 29.2 Å². The Labute approximate surface area is 191 Å². The van der Waals surface area contributed by atoms with Crippen molar-refractivity contribution in [2.24, 2.45) is 0 Å². The molecule has 170 valence electrons. The van der Waals surface area contributed by atoms with Gasteiger partial charge in [-0.3, -0.25) is 19.4 Å². The lowest BCUT2D eigenvalue weighted by atomic mass is 9.94. The zero-order valence-corrected chi connectivity index (χ0v) is 18.6. The van der Waals surface area contributed by atoms with Crippen molar-refractivity contribution in [3.63, 3.8) is 0 Å². The molecule has 5 rings (SSSR count). The van der Waals surface area contributed by atoms with Crippen molar-refractivity contribution in [2.45, 2.75) is 4.90 Å². The van der Waals surface area contributed by atoms with Gasteiger partial charge in [-0.25, -0.2) is 12.8 Å². The predicted molar refractivity (Wildman–Crippen MR) is 121 cm³/mol. The Morgan fingerprint density at radius 3 is 1.91 bits per heavy atom. The number of rotatable bonds is 5. The number of sulfonamides is 1. The zero-order valence-electron chi connectivity index (χ0n) is 17.8. The van der Waals surface area contributed by atoms with E-state index in [1.54, 1.807) is 12.1 Å². The minimum Gasteiger partial charge on any atom is -0.299 e. The Balaban J connectivity index is 1.24. The number of carbonyl (C=O) groups is 2. The molecule has 33 heavy (non-hydrogen) atoms. The van der Waals surface area contributed by atoms with E-state index in [2.05, 4.69) is 0 Å². The molecule has 2 amide bonds. The first-order valence-corrected chi connectivity index (χ1v) is 12.2. The van der Waals surface area contributed by atoms with Crippen molar-refractivity contribution in [3.8, 4) is 0 Å². The SMILES string of the molecule is O=C1c2cccc3cccc(c23)C(=O)N1CCN1CCN(S(=O)(=O)c2ccc(F)cc2)CC1. The minimum absolute atomic E-state index is 0.0645. The predicted octanol–water partition coefficient (Wildman–Crippen LogP) is 2.58. The van der Waals surface area contributed by atoms with Crippen LogP contribution in [0.15, 0.2) is 65.6 Å². The van der Waals surface area contributed by atoms with Gasteiger partial charge in [0.1, 0.15) is 5.82 Å². The van der Waals surface area contributed by atoms with Gasteiger partial charge in [0.15, 0.2) is 0 Å². The lowest BCUT2D eigenvalue weighted by molar-refractivity contribution is 0.0584. The molecule has 1 saturated heterocycles. The number of nitrogens with zero attached hydrogens (tertiary/aromatic N) is 3. The summed E-state index contributed by atoms with van der Waals surface area (Å²) < 4.78 is 40.1. The highest BCUT2D eigenvalue weighted by Crippen LogP contribution is 2.30. The summed E-state index contributed by atoms with van der Waals surface area (Å²) in [5, 5.41) is 1.57. The van der Waals surface area contributed by atoms with Crippen LogP contribution >= 0.6 is 0 Å². The topological polar surface area (TPSA) is 78.0 Å². The largest absolute Gasteiger partial charge is 0.299 e.